The van der Waals surface area contributed by atoms with Crippen molar-refractivity contribution in [1.29, 1.82) is 0 Å². The third-order valence-electron chi connectivity index (χ3n) is 3.70. The number of furan rings is 1. The molecule has 1 saturated heterocycles. The first-order chi connectivity index (χ1) is 11.4. The number of rotatable bonds is 3. The molecule has 3 heterocycles. The summed E-state index contributed by atoms with van der Waals surface area (Å²) in [5, 5.41) is 6.51. The average Bonchev–Trinajstić information content (AvgIpc) is 3.23. The van der Waals surface area contributed by atoms with E-state index in [2.05, 4.69) is 10.2 Å². The third-order valence-corrected chi connectivity index (χ3v) is 3.70. The molecule has 24 heavy (non-hydrogen) atoms. The number of piperidine rings is 1. The van der Waals surface area contributed by atoms with Gasteiger partial charge in [-0.1, -0.05) is 0 Å². The van der Waals surface area contributed by atoms with Crippen molar-refractivity contribution in [2.75, 3.05) is 13.1 Å². The molecule has 1 atom stereocenters. The molecule has 3 rings (SSSR count). The van der Waals surface area contributed by atoms with E-state index in [0.29, 0.717) is 25.1 Å². The second-order valence-corrected chi connectivity index (χ2v) is 5.42. The zero-order valence-corrected chi connectivity index (χ0v) is 12.5. The monoisotopic (exact) mass is 341 g/mol. The molecule has 0 bridgehead atoms. The van der Waals surface area contributed by atoms with Gasteiger partial charge in [0.25, 0.3) is 0 Å². The van der Waals surface area contributed by atoms with Gasteiger partial charge in [0.05, 0.1) is 12.2 Å². The predicted molar refractivity (Wildman–Crippen MR) is 75.6 cm³/mol. The zero-order valence-electron chi connectivity index (χ0n) is 12.5. The van der Waals surface area contributed by atoms with Gasteiger partial charge in [0, 0.05) is 19.2 Å². The van der Waals surface area contributed by atoms with E-state index in [4.69, 9.17) is 8.83 Å². The van der Waals surface area contributed by atoms with Crippen LogP contribution in [0.1, 0.15) is 36.3 Å². The van der Waals surface area contributed by atoms with Gasteiger partial charge < -0.3 is 13.7 Å². The molecule has 1 aliphatic heterocycles. The Labute approximate surface area is 134 Å². The second-order valence-electron chi connectivity index (χ2n) is 5.42. The lowest BCUT2D eigenvalue weighted by atomic mass is 9.98. The van der Waals surface area contributed by atoms with Gasteiger partial charge in [0.2, 0.25) is 11.8 Å². The molecule has 2 aromatic heterocycles. The lowest BCUT2D eigenvalue weighted by molar-refractivity contribution is -0.157. The van der Waals surface area contributed by atoms with Crippen molar-refractivity contribution < 1.29 is 26.8 Å². The van der Waals surface area contributed by atoms with Crippen LogP contribution in [0.2, 0.25) is 0 Å². The molecule has 0 aromatic carbocycles. The van der Waals surface area contributed by atoms with Crippen LogP contribution in [-0.2, 0) is 11.0 Å². The fourth-order valence-corrected chi connectivity index (χ4v) is 2.54. The molecule has 1 amide bonds. The van der Waals surface area contributed by atoms with Crippen LogP contribution in [0.3, 0.4) is 0 Å². The van der Waals surface area contributed by atoms with E-state index < -0.39 is 18.0 Å². The Bertz CT molecular complexity index is 722. The molecule has 9 heteroatoms. The van der Waals surface area contributed by atoms with Crippen LogP contribution in [0, 0.1) is 0 Å². The number of nitrogens with zero attached hydrogens (tertiary/aromatic N) is 3. The number of alkyl halides is 3. The lowest BCUT2D eigenvalue weighted by Crippen LogP contribution is -2.38. The highest BCUT2D eigenvalue weighted by molar-refractivity contribution is 5.91. The maximum absolute atomic E-state index is 12.5. The summed E-state index contributed by atoms with van der Waals surface area (Å²) >= 11 is 0. The SMILES string of the molecule is O=C(/C=C/c1ccco1)N1CCCC(c2nnc(C(F)(F)F)o2)C1. The van der Waals surface area contributed by atoms with E-state index >= 15 is 0 Å². The van der Waals surface area contributed by atoms with Crippen LogP contribution in [0.4, 0.5) is 13.2 Å². The highest BCUT2D eigenvalue weighted by Crippen LogP contribution is 2.32. The number of halogens is 3. The van der Waals surface area contributed by atoms with Crippen LogP contribution >= 0.6 is 0 Å². The van der Waals surface area contributed by atoms with Crippen LogP contribution in [-0.4, -0.2) is 34.1 Å². The number of carbonyl (C=O) groups excluding carboxylic acids is 1. The number of carbonyl (C=O) groups is 1. The topological polar surface area (TPSA) is 72.4 Å². The fourth-order valence-electron chi connectivity index (χ4n) is 2.54. The largest absolute Gasteiger partial charge is 0.470 e. The summed E-state index contributed by atoms with van der Waals surface area (Å²) < 4.78 is 47.4. The molecule has 0 spiro atoms. The molecule has 0 aliphatic carbocycles. The lowest BCUT2D eigenvalue weighted by Gasteiger charge is -2.30. The third kappa shape index (κ3) is 3.66. The van der Waals surface area contributed by atoms with E-state index in [1.165, 1.54) is 12.3 Å². The summed E-state index contributed by atoms with van der Waals surface area (Å²) in [6.07, 6.45) is 0.979. The molecule has 1 unspecified atom stereocenters. The fraction of sp³-hybridized carbons (Fsp3) is 0.400. The van der Waals surface area contributed by atoms with Crippen LogP contribution in [0.25, 0.3) is 6.08 Å². The number of hydrogen-bond acceptors (Lipinski definition) is 5. The van der Waals surface area contributed by atoms with Gasteiger partial charge >= 0.3 is 12.1 Å². The number of amides is 1. The molecule has 6 nitrogen and oxygen atoms in total. The Balaban J connectivity index is 1.66. The quantitative estimate of drug-likeness (QED) is 0.802. The van der Waals surface area contributed by atoms with Crippen molar-refractivity contribution >= 4 is 12.0 Å². The van der Waals surface area contributed by atoms with E-state index in [9.17, 15) is 18.0 Å². The summed E-state index contributed by atoms with van der Waals surface area (Å²) in [6, 6.07) is 3.41. The zero-order chi connectivity index (χ0) is 17.2. The standard InChI is InChI=1S/C15H14F3N3O3/c16-15(17,18)14-20-19-13(24-14)10-3-1-7-21(9-10)12(22)6-5-11-4-2-8-23-11/h2,4-6,8,10H,1,3,7,9H2/b6-5+. The van der Waals surface area contributed by atoms with E-state index in [0.717, 1.165) is 0 Å². The van der Waals surface area contributed by atoms with Gasteiger partial charge in [-0.05, 0) is 31.1 Å². The number of aromatic nitrogens is 2. The van der Waals surface area contributed by atoms with Crippen molar-refractivity contribution in [2.45, 2.75) is 24.9 Å². The molecular weight excluding hydrogens is 327 g/mol. The van der Waals surface area contributed by atoms with E-state index in [-0.39, 0.29) is 18.3 Å². The number of likely N-dealkylation sites (tertiary alicyclic amines) is 1. The molecule has 0 saturated carbocycles. The Hall–Kier alpha value is -2.58. The van der Waals surface area contributed by atoms with E-state index in [1.54, 1.807) is 23.1 Å². The van der Waals surface area contributed by atoms with Gasteiger partial charge in [-0.3, -0.25) is 4.79 Å². The Kier molecular flexibility index (Phi) is 4.41. The van der Waals surface area contributed by atoms with Gasteiger partial charge in [-0.15, -0.1) is 10.2 Å². The summed E-state index contributed by atoms with van der Waals surface area (Å²) in [5.41, 5.74) is 0. The Morgan fingerprint density at radius 3 is 2.88 bits per heavy atom. The molecule has 1 fully saturated rings. The van der Waals surface area contributed by atoms with Crippen molar-refractivity contribution in [1.82, 2.24) is 15.1 Å². The first kappa shape index (κ1) is 16.3. The van der Waals surface area contributed by atoms with Crippen LogP contribution in [0.15, 0.2) is 33.3 Å². The average molecular weight is 341 g/mol. The van der Waals surface area contributed by atoms with Crippen molar-refractivity contribution in [2.24, 2.45) is 0 Å². The molecule has 2 aromatic rings. The summed E-state index contributed by atoms with van der Waals surface area (Å²) in [7, 11) is 0. The second kappa shape index (κ2) is 6.50. The molecule has 0 radical (unpaired) electrons. The molecular formula is C15H14F3N3O3. The summed E-state index contributed by atoms with van der Waals surface area (Å²) in [5.74, 6) is -1.55. The smallest absolute Gasteiger partial charge is 0.465 e. The Morgan fingerprint density at radius 1 is 1.38 bits per heavy atom. The molecule has 0 N–H and O–H groups in total. The van der Waals surface area contributed by atoms with Crippen LogP contribution in [0.5, 0.6) is 0 Å². The predicted octanol–water partition coefficient (Wildman–Crippen LogP) is 3.10. The molecule has 128 valence electrons. The van der Waals surface area contributed by atoms with Crippen molar-refractivity contribution in [3.63, 3.8) is 0 Å². The van der Waals surface area contributed by atoms with Crippen molar-refractivity contribution in [3.8, 4) is 0 Å². The van der Waals surface area contributed by atoms with Gasteiger partial charge in [-0.25, -0.2) is 0 Å². The van der Waals surface area contributed by atoms with Crippen LogP contribution < -0.4 is 0 Å². The van der Waals surface area contributed by atoms with Gasteiger partial charge in [-0.2, -0.15) is 13.2 Å². The highest BCUT2D eigenvalue weighted by atomic mass is 19.4. The Morgan fingerprint density at radius 2 is 2.21 bits per heavy atom. The summed E-state index contributed by atoms with van der Waals surface area (Å²) in [4.78, 5) is 13.7. The molecule has 1 aliphatic rings. The minimum Gasteiger partial charge on any atom is -0.465 e. The van der Waals surface area contributed by atoms with Gasteiger partial charge in [0.15, 0.2) is 0 Å². The first-order valence-electron chi connectivity index (χ1n) is 7.34. The van der Waals surface area contributed by atoms with E-state index in [1.807, 2.05) is 0 Å². The maximum Gasteiger partial charge on any atom is 0.470 e. The highest BCUT2D eigenvalue weighted by Gasteiger charge is 2.39. The minimum absolute atomic E-state index is 0.0881. The van der Waals surface area contributed by atoms with Gasteiger partial charge in [0.1, 0.15) is 5.76 Å². The number of hydrogen-bond donors (Lipinski definition) is 0. The maximum atomic E-state index is 12.5. The normalized spacial score (nSPS) is 19.1. The first-order valence-corrected chi connectivity index (χ1v) is 7.34. The minimum atomic E-state index is -4.67. The summed E-state index contributed by atoms with van der Waals surface area (Å²) in [6.45, 7) is 0.763. The van der Waals surface area contributed by atoms with Crippen molar-refractivity contribution in [3.05, 3.63) is 42.0 Å².